The highest BCUT2D eigenvalue weighted by Gasteiger charge is 2.44. The zero-order valence-corrected chi connectivity index (χ0v) is 48.8. The van der Waals surface area contributed by atoms with E-state index in [9.17, 15) is 30.3 Å². The highest BCUT2D eigenvalue weighted by Crippen LogP contribution is 2.23. The lowest BCUT2D eigenvalue weighted by atomic mass is 9.99. The van der Waals surface area contributed by atoms with Crippen molar-refractivity contribution in [1.29, 1.82) is 0 Å². The van der Waals surface area contributed by atoms with Gasteiger partial charge in [0.15, 0.2) is 6.29 Å². The number of aliphatic hydroxyl groups is 5. The van der Waals surface area contributed by atoms with Crippen molar-refractivity contribution < 1.29 is 39.8 Å². The number of allylic oxidation sites excluding steroid dienone is 9. The monoisotopic (exact) mass is 1060 g/mol. The summed E-state index contributed by atoms with van der Waals surface area (Å²) in [6.07, 6.45) is 68.9. The number of aliphatic hydroxyl groups excluding tert-OH is 5. The maximum Gasteiger partial charge on any atom is 0.220 e. The molecular formula is C66H121NO8. The molecule has 1 aliphatic heterocycles. The molecule has 0 bridgehead atoms. The normalized spacial score (nSPS) is 19.3. The molecule has 7 unspecified atom stereocenters. The summed E-state index contributed by atoms with van der Waals surface area (Å²) < 4.78 is 11.3. The van der Waals surface area contributed by atoms with Gasteiger partial charge in [0.2, 0.25) is 5.91 Å². The van der Waals surface area contributed by atoms with Crippen LogP contribution in [0.4, 0.5) is 0 Å². The van der Waals surface area contributed by atoms with Crippen LogP contribution in [0, 0.1) is 0 Å². The van der Waals surface area contributed by atoms with Gasteiger partial charge in [-0.15, -0.1) is 0 Å². The van der Waals surface area contributed by atoms with Gasteiger partial charge >= 0.3 is 0 Å². The Balaban J connectivity index is 2.12. The van der Waals surface area contributed by atoms with Crippen LogP contribution in [0.1, 0.15) is 296 Å². The van der Waals surface area contributed by atoms with Crippen molar-refractivity contribution in [2.45, 2.75) is 339 Å². The van der Waals surface area contributed by atoms with Crippen LogP contribution in [0.25, 0.3) is 0 Å². The minimum Gasteiger partial charge on any atom is -0.394 e. The second kappa shape index (κ2) is 55.2. The maximum atomic E-state index is 13.1. The van der Waals surface area contributed by atoms with Crippen LogP contribution in [0.2, 0.25) is 0 Å². The minimum atomic E-state index is -1.57. The first kappa shape index (κ1) is 70.9. The molecular weight excluding hydrogens is 935 g/mol. The Bertz CT molecular complexity index is 1360. The van der Waals surface area contributed by atoms with Gasteiger partial charge in [0.25, 0.3) is 0 Å². The number of unbranched alkanes of at least 4 members (excludes halogenated alkanes) is 37. The van der Waals surface area contributed by atoms with E-state index >= 15 is 0 Å². The largest absolute Gasteiger partial charge is 0.394 e. The van der Waals surface area contributed by atoms with Gasteiger partial charge in [0.1, 0.15) is 24.4 Å². The Hall–Kier alpha value is -2.11. The molecule has 0 aromatic carbocycles. The first-order valence-corrected chi connectivity index (χ1v) is 32.0. The summed E-state index contributed by atoms with van der Waals surface area (Å²) in [7, 11) is 0. The fourth-order valence-corrected chi connectivity index (χ4v) is 10.0. The van der Waals surface area contributed by atoms with Crippen LogP contribution in [0.5, 0.6) is 0 Å². The third-order valence-electron chi connectivity index (χ3n) is 15.1. The van der Waals surface area contributed by atoms with Crippen LogP contribution in [0.3, 0.4) is 0 Å². The molecule has 0 spiro atoms. The molecule has 9 heteroatoms. The molecule has 438 valence electrons. The number of rotatable bonds is 55. The molecule has 1 saturated heterocycles. The first-order valence-electron chi connectivity index (χ1n) is 32.0. The Morgan fingerprint density at radius 1 is 0.453 bits per heavy atom. The summed E-state index contributed by atoms with van der Waals surface area (Å²) in [5.74, 6) is -0.183. The second-order valence-electron chi connectivity index (χ2n) is 22.2. The van der Waals surface area contributed by atoms with Gasteiger partial charge in [-0.25, -0.2) is 0 Å². The molecule has 7 atom stereocenters. The highest BCUT2D eigenvalue weighted by atomic mass is 16.7. The average molecular weight is 1060 g/mol. The standard InChI is InChI=1S/C66H121NO8/c1-3-5-7-9-11-13-15-17-19-21-22-23-24-25-26-27-28-29-30-31-32-33-34-35-36-37-38-40-42-44-46-48-50-52-54-56-62(70)67-59(58-74-66-65(73)64(72)63(71)61(57-68)75-66)60(69)55-53-51-49-47-45-43-41-39-20-18-16-14-12-10-8-6-4-2/h15,17,21-22,24-25,45,47,53,55,59-61,63-66,68-69,71-73H,3-14,16,18-20,23,26-44,46,48-52,54,56-58H2,1-2H3,(H,67,70)/b17-15-,22-21-,25-24-,47-45+,55-53+. The number of carbonyl (C=O) groups is 1. The fraction of sp³-hybridized carbons (Fsp3) is 0.833. The smallest absolute Gasteiger partial charge is 0.220 e. The quantitative estimate of drug-likeness (QED) is 0.0261. The molecule has 1 amide bonds. The van der Waals surface area contributed by atoms with Crippen LogP contribution in [-0.2, 0) is 14.3 Å². The molecule has 75 heavy (non-hydrogen) atoms. The summed E-state index contributed by atoms with van der Waals surface area (Å²) in [6, 6.07) is -0.822. The molecule has 0 aromatic heterocycles. The Morgan fingerprint density at radius 2 is 0.800 bits per heavy atom. The van der Waals surface area contributed by atoms with Crippen molar-refractivity contribution in [3.63, 3.8) is 0 Å². The zero-order valence-electron chi connectivity index (χ0n) is 48.8. The number of amides is 1. The molecule has 1 heterocycles. The first-order chi connectivity index (χ1) is 36.8. The number of nitrogens with one attached hydrogen (secondary N) is 1. The van der Waals surface area contributed by atoms with Crippen LogP contribution in [0.15, 0.2) is 60.8 Å². The topological polar surface area (TPSA) is 149 Å². The Morgan fingerprint density at radius 3 is 1.21 bits per heavy atom. The molecule has 1 aliphatic rings. The van der Waals surface area contributed by atoms with Gasteiger partial charge in [-0.2, -0.15) is 0 Å². The van der Waals surface area contributed by atoms with E-state index in [0.29, 0.717) is 6.42 Å². The zero-order chi connectivity index (χ0) is 54.3. The lowest BCUT2D eigenvalue weighted by molar-refractivity contribution is -0.302. The van der Waals surface area contributed by atoms with E-state index in [4.69, 9.17) is 9.47 Å². The van der Waals surface area contributed by atoms with Crippen LogP contribution in [-0.4, -0.2) is 87.5 Å². The highest BCUT2D eigenvalue weighted by molar-refractivity contribution is 5.76. The summed E-state index contributed by atoms with van der Waals surface area (Å²) in [4.78, 5) is 13.1. The molecule has 1 rings (SSSR count). The lowest BCUT2D eigenvalue weighted by Crippen LogP contribution is -2.60. The van der Waals surface area contributed by atoms with Crippen LogP contribution < -0.4 is 5.32 Å². The molecule has 9 nitrogen and oxygen atoms in total. The lowest BCUT2D eigenvalue weighted by Gasteiger charge is -2.40. The fourth-order valence-electron chi connectivity index (χ4n) is 10.0. The SMILES string of the molecule is CCCCCCC/C=C\C/C=C\C/C=C\CCCCCCCCCCCCCCCCCCCCCCC(=O)NC(COC1OC(CO)C(O)C(O)C1O)C(O)/C=C/CC/C=C/CCCCCCCCCCCCC. The van der Waals surface area contributed by atoms with Gasteiger partial charge in [0, 0.05) is 6.42 Å². The van der Waals surface area contributed by atoms with Crippen molar-refractivity contribution in [3.8, 4) is 0 Å². The minimum absolute atomic E-state index is 0.183. The van der Waals surface area contributed by atoms with Gasteiger partial charge in [-0.05, 0) is 70.6 Å². The number of hydrogen-bond acceptors (Lipinski definition) is 8. The second-order valence-corrected chi connectivity index (χ2v) is 22.2. The number of hydrogen-bond donors (Lipinski definition) is 6. The third-order valence-corrected chi connectivity index (χ3v) is 15.1. The van der Waals surface area contributed by atoms with Crippen LogP contribution >= 0.6 is 0 Å². The molecule has 0 saturated carbocycles. The van der Waals surface area contributed by atoms with Crippen molar-refractivity contribution in [2.75, 3.05) is 13.2 Å². The Kier molecular flexibility index (Phi) is 52.2. The van der Waals surface area contributed by atoms with Gasteiger partial charge in [0.05, 0.1) is 25.4 Å². The van der Waals surface area contributed by atoms with Crippen molar-refractivity contribution in [3.05, 3.63) is 60.8 Å². The van der Waals surface area contributed by atoms with Crippen molar-refractivity contribution in [1.82, 2.24) is 5.32 Å². The predicted molar refractivity (Wildman–Crippen MR) is 318 cm³/mol. The average Bonchev–Trinajstić information content (AvgIpc) is 3.41. The molecule has 0 aromatic rings. The van der Waals surface area contributed by atoms with E-state index in [0.717, 1.165) is 51.4 Å². The van der Waals surface area contributed by atoms with E-state index < -0.39 is 49.5 Å². The number of ether oxygens (including phenoxy) is 2. The molecule has 0 radical (unpaired) electrons. The summed E-state index contributed by atoms with van der Waals surface area (Å²) >= 11 is 0. The summed E-state index contributed by atoms with van der Waals surface area (Å²) in [5, 5.41) is 54.5. The Labute approximate surface area is 462 Å². The van der Waals surface area contributed by atoms with E-state index in [1.54, 1.807) is 6.08 Å². The van der Waals surface area contributed by atoms with Gasteiger partial charge in [-0.3, -0.25) is 4.79 Å². The number of carbonyl (C=O) groups excluding carboxylic acids is 1. The van der Waals surface area contributed by atoms with Crippen molar-refractivity contribution in [2.24, 2.45) is 0 Å². The maximum absolute atomic E-state index is 13.1. The van der Waals surface area contributed by atoms with Gasteiger partial charge < -0.3 is 40.3 Å². The van der Waals surface area contributed by atoms with E-state index in [2.05, 4.69) is 67.8 Å². The summed E-state index contributed by atoms with van der Waals surface area (Å²) in [6.45, 7) is 3.77. The molecule has 6 N–H and O–H groups in total. The predicted octanol–water partition coefficient (Wildman–Crippen LogP) is 16.6. The summed E-state index contributed by atoms with van der Waals surface area (Å²) in [5.41, 5.74) is 0. The molecule has 1 fully saturated rings. The van der Waals surface area contributed by atoms with E-state index in [1.165, 1.54) is 225 Å². The third kappa shape index (κ3) is 44.4. The van der Waals surface area contributed by atoms with E-state index in [-0.39, 0.29) is 12.5 Å². The van der Waals surface area contributed by atoms with Gasteiger partial charge in [-0.1, -0.05) is 280 Å². The molecule has 0 aliphatic carbocycles. The van der Waals surface area contributed by atoms with E-state index in [1.807, 2.05) is 6.08 Å². The van der Waals surface area contributed by atoms with Crippen molar-refractivity contribution >= 4 is 5.91 Å².